The average molecular weight is 494 g/mol. The number of piperidine rings is 1. The number of alkyl halides is 5. The third kappa shape index (κ3) is 5.50. The van der Waals surface area contributed by atoms with E-state index in [0.717, 1.165) is 43.4 Å². The molecule has 0 aliphatic carbocycles. The van der Waals surface area contributed by atoms with Gasteiger partial charge in [-0.15, -0.1) is 0 Å². The Balaban J connectivity index is 1.41. The molecule has 2 fully saturated rings. The number of hydrogen-bond acceptors (Lipinski definition) is 7. The van der Waals surface area contributed by atoms with Crippen molar-refractivity contribution in [1.82, 2.24) is 29.8 Å². The van der Waals surface area contributed by atoms with Crippen molar-refractivity contribution in [3.8, 4) is 0 Å². The van der Waals surface area contributed by atoms with E-state index in [9.17, 15) is 22.0 Å². The Morgan fingerprint density at radius 1 is 1.11 bits per heavy atom. The van der Waals surface area contributed by atoms with E-state index in [0.29, 0.717) is 18.8 Å². The second-order valence-electron chi connectivity index (χ2n) is 8.88. The summed E-state index contributed by atoms with van der Waals surface area (Å²) in [5, 5.41) is 2.80. The van der Waals surface area contributed by atoms with E-state index >= 15 is 0 Å². The number of rotatable bonds is 6. The number of aromatic nitrogens is 5. The zero-order valence-corrected chi connectivity index (χ0v) is 18.6. The molecule has 3 aromatic heterocycles. The largest absolute Gasteiger partial charge is 0.416 e. The third-order valence-corrected chi connectivity index (χ3v) is 6.07. The lowest BCUT2D eigenvalue weighted by Crippen LogP contribution is -2.57. The van der Waals surface area contributed by atoms with Crippen molar-refractivity contribution in [2.24, 2.45) is 0 Å². The lowest BCUT2D eigenvalue weighted by atomic mass is 9.94. The molecule has 2 aliphatic rings. The number of H-pyrrole nitrogens is 1. The predicted octanol–water partition coefficient (Wildman–Crippen LogP) is 4.19. The van der Waals surface area contributed by atoms with Crippen molar-refractivity contribution in [3.05, 3.63) is 53.9 Å². The molecule has 0 saturated carbocycles. The van der Waals surface area contributed by atoms with Crippen LogP contribution in [0.3, 0.4) is 0 Å². The van der Waals surface area contributed by atoms with Crippen LogP contribution in [0.4, 0.5) is 39.5 Å². The van der Waals surface area contributed by atoms with Gasteiger partial charge in [-0.1, -0.05) is 0 Å². The number of aromatic amines is 1. The van der Waals surface area contributed by atoms with Gasteiger partial charge in [0, 0.05) is 37.5 Å². The fraction of sp³-hybridized carbons (Fsp3) is 0.455. The summed E-state index contributed by atoms with van der Waals surface area (Å²) in [7, 11) is 0. The molecule has 35 heavy (non-hydrogen) atoms. The molecule has 2 aliphatic heterocycles. The summed E-state index contributed by atoms with van der Waals surface area (Å²) in [5.41, 5.74) is 0.703. The molecular formula is C22H23F5N8. The predicted molar refractivity (Wildman–Crippen MR) is 118 cm³/mol. The number of hydrogen-bond donors (Lipinski definition) is 2. The summed E-state index contributed by atoms with van der Waals surface area (Å²) in [6.07, 6.45) is 1.73. The minimum Gasteiger partial charge on any atom is -0.351 e. The number of nitrogens with one attached hydrogen (secondary N) is 2. The molecule has 3 aromatic rings. The van der Waals surface area contributed by atoms with Crippen molar-refractivity contribution in [1.29, 1.82) is 0 Å². The zero-order chi connectivity index (χ0) is 24.6. The molecule has 5 rings (SSSR count). The highest BCUT2D eigenvalue weighted by Crippen LogP contribution is 2.34. The number of likely N-dealkylation sites (tertiary alicyclic amines) is 1. The molecule has 2 N–H and O–H groups in total. The van der Waals surface area contributed by atoms with E-state index in [1.54, 1.807) is 12.4 Å². The summed E-state index contributed by atoms with van der Waals surface area (Å²) in [5.74, 6) is -2.54. The Kier molecular flexibility index (Phi) is 6.03. The van der Waals surface area contributed by atoms with Gasteiger partial charge in [0.25, 0.3) is 5.92 Å². The lowest BCUT2D eigenvalue weighted by molar-refractivity contribution is -0.137. The zero-order valence-electron chi connectivity index (χ0n) is 18.6. The average Bonchev–Trinajstić information content (AvgIpc) is 3.30. The minimum absolute atomic E-state index is 0.00115. The summed E-state index contributed by atoms with van der Waals surface area (Å²) < 4.78 is 66.4. The number of halogens is 5. The molecule has 0 spiro atoms. The van der Waals surface area contributed by atoms with Crippen molar-refractivity contribution in [2.75, 3.05) is 36.4 Å². The molecular weight excluding hydrogens is 471 g/mol. The van der Waals surface area contributed by atoms with Crippen LogP contribution in [0.25, 0.3) is 0 Å². The smallest absolute Gasteiger partial charge is 0.351 e. The van der Waals surface area contributed by atoms with E-state index in [4.69, 9.17) is 0 Å². The molecule has 1 atom stereocenters. The first-order valence-corrected chi connectivity index (χ1v) is 11.2. The van der Waals surface area contributed by atoms with Crippen molar-refractivity contribution in [2.45, 2.75) is 37.4 Å². The standard InChI is InChI=1S/C22H23F5N8/c23-21(24)11-35(12-21)20-31-17(14-2-1-5-34(9-14)10-16-8-28-13-30-16)7-19(33-20)32-18-6-15(3-4-29-18)22(25,26)27/h3-4,6-8,13-14H,1-2,5,9-12H2,(H,28,30)(H,29,31,32,33). The van der Waals surface area contributed by atoms with Crippen LogP contribution in [0.15, 0.2) is 36.9 Å². The molecule has 0 amide bonds. The number of imidazole rings is 1. The Morgan fingerprint density at radius 3 is 2.66 bits per heavy atom. The highest BCUT2D eigenvalue weighted by Gasteiger charge is 2.45. The van der Waals surface area contributed by atoms with Gasteiger partial charge in [0.05, 0.1) is 36.4 Å². The van der Waals surface area contributed by atoms with Crippen LogP contribution in [0.5, 0.6) is 0 Å². The molecule has 0 bridgehead atoms. The summed E-state index contributed by atoms with van der Waals surface area (Å²) in [4.78, 5) is 23.6. The van der Waals surface area contributed by atoms with Gasteiger partial charge in [0.1, 0.15) is 11.6 Å². The Bertz CT molecular complexity index is 1160. The van der Waals surface area contributed by atoms with Gasteiger partial charge in [-0.3, -0.25) is 4.90 Å². The van der Waals surface area contributed by atoms with E-state index in [-0.39, 0.29) is 23.5 Å². The molecule has 8 nitrogen and oxygen atoms in total. The molecule has 13 heteroatoms. The van der Waals surface area contributed by atoms with Gasteiger partial charge < -0.3 is 15.2 Å². The van der Waals surface area contributed by atoms with E-state index in [1.807, 2.05) is 6.20 Å². The fourth-order valence-electron chi connectivity index (χ4n) is 4.37. The van der Waals surface area contributed by atoms with Crippen LogP contribution in [0.2, 0.25) is 0 Å². The molecule has 5 heterocycles. The highest BCUT2D eigenvalue weighted by molar-refractivity contribution is 5.56. The van der Waals surface area contributed by atoms with Crippen molar-refractivity contribution >= 4 is 17.6 Å². The van der Waals surface area contributed by atoms with Gasteiger partial charge in [-0.25, -0.2) is 23.7 Å². The molecule has 0 radical (unpaired) electrons. The van der Waals surface area contributed by atoms with E-state index in [2.05, 4.69) is 35.1 Å². The highest BCUT2D eigenvalue weighted by atomic mass is 19.4. The van der Waals surface area contributed by atoms with Crippen molar-refractivity contribution < 1.29 is 22.0 Å². The first kappa shape index (κ1) is 23.4. The minimum atomic E-state index is -4.52. The van der Waals surface area contributed by atoms with Gasteiger partial charge in [-0.2, -0.15) is 18.2 Å². The SMILES string of the molecule is FC1(F)CN(c2nc(Nc3cc(C(F)(F)F)ccn3)cc(C3CCCN(Cc4c[nH]cn4)C3)n2)C1. The fourth-order valence-corrected chi connectivity index (χ4v) is 4.37. The van der Waals surface area contributed by atoms with E-state index < -0.39 is 30.8 Å². The van der Waals surface area contributed by atoms with Crippen LogP contribution in [-0.2, 0) is 12.7 Å². The Hall–Kier alpha value is -3.35. The first-order chi connectivity index (χ1) is 16.6. The summed E-state index contributed by atoms with van der Waals surface area (Å²) >= 11 is 0. The lowest BCUT2D eigenvalue weighted by Gasteiger charge is -2.39. The van der Waals surface area contributed by atoms with Crippen LogP contribution >= 0.6 is 0 Å². The second-order valence-corrected chi connectivity index (χ2v) is 8.88. The van der Waals surface area contributed by atoms with Gasteiger partial charge in [0.2, 0.25) is 5.95 Å². The molecule has 186 valence electrons. The Labute approximate surface area is 197 Å². The maximum absolute atomic E-state index is 13.5. The van der Waals surface area contributed by atoms with Crippen LogP contribution in [-0.4, -0.2) is 61.9 Å². The first-order valence-electron chi connectivity index (χ1n) is 11.2. The van der Waals surface area contributed by atoms with Crippen LogP contribution < -0.4 is 10.2 Å². The summed E-state index contributed by atoms with van der Waals surface area (Å²) in [6, 6.07) is 3.41. The number of nitrogens with zero attached hydrogens (tertiary/aromatic N) is 6. The normalized spacial score (nSPS) is 20.5. The van der Waals surface area contributed by atoms with Crippen molar-refractivity contribution in [3.63, 3.8) is 0 Å². The molecule has 0 aromatic carbocycles. The van der Waals surface area contributed by atoms with Gasteiger partial charge in [-0.05, 0) is 31.5 Å². The van der Waals surface area contributed by atoms with E-state index in [1.165, 1.54) is 4.90 Å². The second kappa shape index (κ2) is 9.02. The van der Waals surface area contributed by atoms with Gasteiger partial charge >= 0.3 is 6.18 Å². The molecule has 2 saturated heterocycles. The maximum atomic E-state index is 13.5. The topological polar surface area (TPSA) is 85.9 Å². The Morgan fingerprint density at radius 2 is 1.94 bits per heavy atom. The molecule has 1 unspecified atom stereocenters. The van der Waals surface area contributed by atoms with Crippen LogP contribution in [0.1, 0.15) is 35.7 Å². The number of pyridine rings is 1. The number of anilines is 3. The monoisotopic (exact) mass is 494 g/mol. The van der Waals surface area contributed by atoms with Crippen LogP contribution in [0, 0.1) is 0 Å². The summed E-state index contributed by atoms with van der Waals surface area (Å²) in [6.45, 7) is 1.22. The maximum Gasteiger partial charge on any atom is 0.416 e. The third-order valence-electron chi connectivity index (χ3n) is 6.07. The quantitative estimate of drug-likeness (QED) is 0.497. The van der Waals surface area contributed by atoms with Gasteiger partial charge in [0.15, 0.2) is 0 Å².